The van der Waals surface area contributed by atoms with Crippen LogP contribution in [0.4, 0.5) is 0 Å². The minimum atomic E-state index is -0.973. The van der Waals surface area contributed by atoms with Crippen molar-refractivity contribution in [2.24, 2.45) is 0 Å². The van der Waals surface area contributed by atoms with Crippen LogP contribution in [0.1, 0.15) is 49.3 Å². The van der Waals surface area contributed by atoms with E-state index in [1.165, 1.54) is 0 Å². The fraction of sp³-hybridized carbons (Fsp3) is 0.444. The lowest BCUT2D eigenvalue weighted by atomic mass is 9.99. The molecule has 0 aliphatic rings. The molecule has 0 amide bonds. The molecule has 0 aliphatic carbocycles. The Morgan fingerprint density at radius 2 is 1.96 bits per heavy atom. The molecule has 0 fully saturated rings. The van der Waals surface area contributed by atoms with Crippen molar-refractivity contribution in [1.82, 2.24) is 0 Å². The molecular formula is C18H22O5. The van der Waals surface area contributed by atoms with E-state index in [0.717, 1.165) is 31.2 Å². The van der Waals surface area contributed by atoms with E-state index < -0.39 is 11.6 Å². The van der Waals surface area contributed by atoms with Gasteiger partial charge in [-0.25, -0.2) is 4.79 Å². The number of unbranched alkanes of at least 4 members (excludes halogenated alkanes) is 2. The van der Waals surface area contributed by atoms with Gasteiger partial charge in [0.05, 0.1) is 5.39 Å². The first-order valence-electron chi connectivity index (χ1n) is 7.94. The summed E-state index contributed by atoms with van der Waals surface area (Å²) in [7, 11) is 0. The van der Waals surface area contributed by atoms with Crippen LogP contribution in [0.3, 0.4) is 0 Å². The Morgan fingerprint density at radius 3 is 2.61 bits per heavy atom. The lowest BCUT2D eigenvalue weighted by molar-refractivity contribution is -0.136. The van der Waals surface area contributed by atoms with Gasteiger partial charge in [0.2, 0.25) is 0 Å². The Balaban J connectivity index is 2.45. The molecule has 0 unspecified atom stereocenters. The Morgan fingerprint density at radius 1 is 1.22 bits per heavy atom. The van der Waals surface area contributed by atoms with Crippen molar-refractivity contribution in [3.8, 4) is 5.75 Å². The monoisotopic (exact) mass is 318 g/mol. The second-order valence-corrected chi connectivity index (χ2v) is 5.83. The fourth-order valence-corrected chi connectivity index (χ4v) is 2.82. The Hall–Kier alpha value is -2.30. The third-order valence-electron chi connectivity index (χ3n) is 4.08. The summed E-state index contributed by atoms with van der Waals surface area (Å²) in [6.07, 6.45) is 4.00. The Labute approximate surface area is 134 Å². The predicted octanol–water partition coefficient (Wildman–Crippen LogP) is 3.56. The third kappa shape index (κ3) is 3.92. The van der Waals surface area contributed by atoms with Crippen molar-refractivity contribution < 1.29 is 19.4 Å². The molecule has 0 bridgehead atoms. The van der Waals surface area contributed by atoms with Crippen LogP contribution in [0.25, 0.3) is 11.0 Å². The van der Waals surface area contributed by atoms with Crippen LogP contribution in [0.5, 0.6) is 5.75 Å². The molecule has 0 aliphatic heterocycles. The summed E-state index contributed by atoms with van der Waals surface area (Å²) in [5, 5.41) is 19.6. The number of aliphatic carboxylic acids is 1. The minimum Gasteiger partial charge on any atom is -0.507 e. The number of carboxylic acids is 1. The molecular weight excluding hydrogens is 296 g/mol. The van der Waals surface area contributed by atoms with Crippen molar-refractivity contribution in [2.75, 3.05) is 0 Å². The highest BCUT2D eigenvalue weighted by molar-refractivity contribution is 5.88. The third-order valence-corrected chi connectivity index (χ3v) is 4.08. The average Bonchev–Trinajstić information content (AvgIpc) is 2.46. The topological polar surface area (TPSA) is 87.7 Å². The molecule has 23 heavy (non-hydrogen) atoms. The van der Waals surface area contributed by atoms with Crippen molar-refractivity contribution in [3.05, 3.63) is 39.2 Å². The molecule has 0 saturated heterocycles. The molecule has 0 spiro atoms. The molecule has 2 N–H and O–H groups in total. The largest absolute Gasteiger partial charge is 0.507 e. The van der Waals surface area contributed by atoms with Gasteiger partial charge in [-0.1, -0.05) is 19.8 Å². The molecule has 124 valence electrons. The molecule has 5 heteroatoms. The summed E-state index contributed by atoms with van der Waals surface area (Å²) < 4.78 is 5.33. The van der Waals surface area contributed by atoms with Gasteiger partial charge in [0.1, 0.15) is 11.3 Å². The Bertz CT molecular complexity index is 773. The summed E-state index contributed by atoms with van der Waals surface area (Å²) in [5.74, 6) is -0.897. The predicted molar refractivity (Wildman–Crippen MR) is 88.1 cm³/mol. The van der Waals surface area contributed by atoms with Crippen LogP contribution in [-0.4, -0.2) is 16.2 Å². The highest BCUT2D eigenvalue weighted by Crippen LogP contribution is 2.31. The highest BCUT2D eigenvalue weighted by atomic mass is 16.4. The van der Waals surface area contributed by atoms with Crippen molar-refractivity contribution in [2.45, 2.75) is 52.4 Å². The quantitative estimate of drug-likeness (QED) is 0.602. The van der Waals surface area contributed by atoms with Crippen LogP contribution in [0, 0.1) is 6.92 Å². The number of fused-ring (bicyclic) bond motifs is 1. The zero-order chi connectivity index (χ0) is 17.0. The number of carbonyl (C=O) groups is 1. The summed E-state index contributed by atoms with van der Waals surface area (Å²) in [4.78, 5) is 22.8. The van der Waals surface area contributed by atoms with E-state index in [0.29, 0.717) is 22.1 Å². The van der Waals surface area contributed by atoms with E-state index in [2.05, 4.69) is 6.92 Å². The van der Waals surface area contributed by atoms with E-state index in [-0.39, 0.29) is 18.6 Å². The number of hydrogen-bond acceptors (Lipinski definition) is 4. The van der Waals surface area contributed by atoms with Gasteiger partial charge in [-0.05, 0) is 49.4 Å². The molecule has 1 aromatic heterocycles. The maximum Gasteiger partial charge on any atom is 0.339 e. The number of aryl methyl sites for hydroxylation is 2. The van der Waals surface area contributed by atoms with Gasteiger partial charge in [0, 0.05) is 12.0 Å². The first-order chi connectivity index (χ1) is 10.9. The van der Waals surface area contributed by atoms with E-state index >= 15 is 0 Å². The van der Waals surface area contributed by atoms with Gasteiger partial charge in [0.25, 0.3) is 0 Å². The molecule has 5 nitrogen and oxygen atoms in total. The molecule has 1 aromatic carbocycles. The second kappa shape index (κ2) is 7.31. The van der Waals surface area contributed by atoms with Gasteiger partial charge >= 0.3 is 11.6 Å². The first kappa shape index (κ1) is 17.1. The van der Waals surface area contributed by atoms with Crippen molar-refractivity contribution in [3.63, 3.8) is 0 Å². The highest BCUT2D eigenvalue weighted by Gasteiger charge is 2.16. The number of phenolic OH excluding ortho intramolecular Hbond substituents is 1. The second-order valence-electron chi connectivity index (χ2n) is 5.83. The summed E-state index contributed by atoms with van der Waals surface area (Å²) in [6.45, 7) is 3.84. The van der Waals surface area contributed by atoms with Crippen LogP contribution in [0.15, 0.2) is 21.3 Å². The van der Waals surface area contributed by atoms with Gasteiger partial charge in [0.15, 0.2) is 0 Å². The lowest BCUT2D eigenvalue weighted by Crippen LogP contribution is -2.12. The maximum atomic E-state index is 12.1. The van der Waals surface area contributed by atoms with Crippen molar-refractivity contribution in [1.29, 1.82) is 0 Å². The van der Waals surface area contributed by atoms with E-state index in [9.17, 15) is 14.7 Å². The molecule has 1 heterocycles. The zero-order valence-corrected chi connectivity index (χ0v) is 13.5. The number of rotatable bonds is 7. The van der Waals surface area contributed by atoms with Gasteiger partial charge in [-0.2, -0.15) is 0 Å². The number of carboxylic acid groups (broad SMARTS) is 1. The van der Waals surface area contributed by atoms with Gasteiger partial charge in [-0.3, -0.25) is 4.79 Å². The minimum absolute atomic E-state index is 0.0758. The average molecular weight is 318 g/mol. The SMILES string of the molecule is CCCCCc1cc(O)c2c(C)c(CCC(=O)O)c(=O)oc2c1. The number of hydrogen-bond donors (Lipinski definition) is 2. The molecule has 0 radical (unpaired) electrons. The normalized spacial score (nSPS) is 11.0. The smallest absolute Gasteiger partial charge is 0.339 e. The molecule has 0 saturated carbocycles. The first-order valence-corrected chi connectivity index (χ1v) is 7.94. The van der Waals surface area contributed by atoms with E-state index in [1.807, 2.05) is 0 Å². The summed E-state index contributed by atoms with van der Waals surface area (Å²) in [6, 6.07) is 3.49. The number of aromatic hydroxyl groups is 1. The number of phenols is 1. The standard InChI is InChI=1S/C18H22O5/c1-3-4-5-6-12-9-14(19)17-11(2)13(7-8-16(20)21)18(22)23-15(17)10-12/h9-10,19H,3-8H2,1-2H3,(H,20,21). The summed E-state index contributed by atoms with van der Waals surface area (Å²) >= 11 is 0. The molecule has 2 aromatic rings. The van der Waals surface area contributed by atoms with Crippen LogP contribution in [0.2, 0.25) is 0 Å². The maximum absolute atomic E-state index is 12.1. The number of benzene rings is 1. The molecule has 0 atom stereocenters. The van der Waals surface area contributed by atoms with Gasteiger partial charge < -0.3 is 14.6 Å². The summed E-state index contributed by atoms with van der Waals surface area (Å²) in [5.41, 5.74) is 1.67. The Kier molecular flexibility index (Phi) is 5.42. The zero-order valence-electron chi connectivity index (χ0n) is 13.5. The van der Waals surface area contributed by atoms with Crippen LogP contribution >= 0.6 is 0 Å². The lowest BCUT2D eigenvalue weighted by Gasteiger charge is -2.10. The van der Waals surface area contributed by atoms with Crippen LogP contribution in [-0.2, 0) is 17.6 Å². The van der Waals surface area contributed by atoms with Gasteiger partial charge in [-0.15, -0.1) is 0 Å². The van der Waals surface area contributed by atoms with Crippen molar-refractivity contribution >= 4 is 16.9 Å². The van der Waals surface area contributed by atoms with Crippen LogP contribution < -0.4 is 5.63 Å². The van der Waals surface area contributed by atoms with E-state index in [4.69, 9.17) is 9.52 Å². The molecule has 2 rings (SSSR count). The fourth-order valence-electron chi connectivity index (χ4n) is 2.82. The van der Waals surface area contributed by atoms with E-state index in [1.54, 1.807) is 19.1 Å².